The molecule has 0 spiro atoms. The summed E-state index contributed by atoms with van der Waals surface area (Å²) in [6.45, 7) is 8.86. The molecule has 1 N–H and O–H groups in total. The Labute approximate surface area is 141 Å². The molecule has 124 valence electrons. The van der Waals surface area contributed by atoms with E-state index in [1.165, 1.54) is 19.4 Å². The standard InChI is InChI=1S/C16H24N6S/c1-4-15-20-21-16(23-15)19-14-9-17-13(8-18-14)12-6-5-7-22(10-12)11(2)3/h8-9,11-12H,4-7,10H2,1-3H3,(H,18,19,21)/t12-/m0/s1. The Morgan fingerprint density at radius 3 is 2.83 bits per heavy atom. The summed E-state index contributed by atoms with van der Waals surface area (Å²) in [5.74, 6) is 1.21. The zero-order valence-corrected chi connectivity index (χ0v) is 14.8. The highest BCUT2D eigenvalue weighted by Crippen LogP contribution is 2.27. The van der Waals surface area contributed by atoms with Gasteiger partial charge < -0.3 is 10.2 Å². The van der Waals surface area contributed by atoms with Crippen LogP contribution in [0.15, 0.2) is 12.4 Å². The Morgan fingerprint density at radius 1 is 1.30 bits per heavy atom. The Bertz CT molecular complexity index is 624. The zero-order valence-electron chi connectivity index (χ0n) is 14.0. The summed E-state index contributed by atoms with van der Waals surface area (Å²) in [5, 5.41) is 13.2. The lowest BCUT2D eigenvalue weighted by Gasteiger charge is -2.35. The summed E-state index contributed by atoms with van der Waals surface area (Å²) in [6.07, 6.45) is 7.03. The molecular formula is C16H24N6S. The Kier molecular flexibility index (Phi) is 5.17. The summed E-state index contributed by atoms with van der Waals surface area (Å²) in [4.78, 5) is 11.6. The minimum absolute atomic E-state index is 0.487. The Morgan fingerprint density at radius 2 is 2.17 bits per heavy atom. The fraction of sp³-hybridized carbons (Fsp3) is 0.625. The van der Waals surface area contributed by atoms with Crippen LogP contribution in [0, 0.1) is 0 Å². The number of likely N-dealkylation sites (tertiary alicyclic amines) is 1. The van der Waals surface area contributed by atoms with Gasteiger partial charge in [-0.25, -0.2) is 4.98 Å². The first kappa shape index (κ1) is 16.3. The maximum atomic E-state index is 4.62. The fourth-order valence-corrected chi connectivity index (χ4v) is 3.57. The lowest BCUT2D eigenvalue weighted by atomic mass is 9.94. The topological polar surface area (TPSA) is 66.8 Å². The highest BCUT2D eigenvalue weighted by atomic mass is 32.1. The second kappa shape index (κ2) is 7.31. The van der Waals surface area contributed by atoms with Crippen LogP contribution in [0.25, 0.3) is 0 Å². The Hall–Kier alpha value is -1.60. The van der Waals surface area contributed by atoms with Crippen molar-refractivity contribution in [3.63, 3.8) is 0 Å². The van der Waals surface area contributed by atoms with Crippen LogP contribution in [0.4, 0.5) is 10.9 Å². The molecule has 6 nitrogen and oxygen atoms in total. The maximum Gasteiger partial charge on any atom is 0.211 e. The molecule has 23 heavy (non-hydrogen) atoms. The molecule has 3 heterocycles. The summed E-state index contributed by atoms with van der Waals surface area (Å²) in [6, 6.07) is 0.594. The first-order chi connectivity index (χ1) is 11.2. The molecule has 0 aromatic carbocycles. The zero-order chi connectivity index (χ0) is 16.2. The fourth-order valence-electron chi connectivity index (χ4n) is 2.89. The van der Waals surface area contributed by atoms with Crippen LogP contribution in [0.1, 0.15) is 50.2 Å². The van der Waals surface area contributed by atoms with Crippen molar-refractivity contribution < 1.29 is 0 Å². The van der Waals surface area contributed by atoms with Crippen LogP contribution < -0.4 is 5.32 Å². The first-order valence-corrected chi connectivity index (χ1v) is 9.12. The van der Waals surface area contributed by atoms with Crippen LogP contribution in [0.5, 0.6) is 0 Å². The molecule has 0 aliphatic carbocycles. The molecule has 0 amide bonds. The van der Waals surface area contributed by atoms with Gasteiger partial charge in [-0.2, -0.15) is 0 Å². The molecule has 7 heteroatoms. The van der Waals surface area contributed by atoms with E-state index in [2.05, 4.69) is 51.2 Å². The van der Waals surface area contributed by atoms with Crippen molar-refractivity contribution in [2.24, 2.45) is 0 Å². The van der Waals surface area contributed by atoms with Crippen molar-refractivity contribution >= 4 is 22.3 Å². The highest BCUT2D eigenvalue weighted by molar-refractivity contribution is 7.15. The lowest BCUT2D eigenvalue weighted by Crippen LogP contribution is -2.39. The molecular weight excluding hydrogens is 308 g/mol. The average Bonchev–Trinajstić information content (AvgIpc) is 3.03. The maximum absolute atomic E-state index is 4.62. The SMILES string of the molecule is CCc1nnc(Nc2cnc([C@H]3CCCN(C(C)C)C3)cn2)s1. The van der Waals surface area contributed by atoms with E-state index in [0.717, 1.165) is 34.6 Å². The van der Waals surface area contributed by atoms with Crippen molar-refractivity contribution in [2.45, 2.75) is 52.0 Å². The van der Waals surface area contributed by atoms with E-state index < -0.39 is 0 Å². The quantitative estimate of drug-likeness (QED) is 0.907. The van der Waals surface area contributed by atoms with Crippen molar-refractivity contribution in [1.29, 1.82) is 0 Å². The Balaban J connectivity index is 1.64. The largest absolute Gasteiger partial charge is 0.313 e. The number of nitrogens with one attached hydrogen (secondary N) is 1. The third-order valence-electron chi connectivity index (χ3n) is 4.28. The van der Waals surface area contributed by atoms with Gasteiger partial charge in [0, 0.05) is 18.5 Å². The number of hydrogen-bond donors (Lipinski definition) is 1. The normalized spacial score (nSPS) is 19.2. The van der Waals surface area contributed by atoms with E-state index in [1.54, 1.807) is 17.5 Å². The molecule has 1 aliphatic rings. The summed E-state index contributed by atoms with van der Waals surface area (Å²) in [7, 11) is 0. The molecule has 1 atom stereocenters. The second-order valence-corrected chi connectivity index (χ2v) is 7.30. The lowest BCUT2D eigenvalue weighted by molar-refractivity contribution is 0.166. The third-order valence-corrected chi connectivity index (χ3v) is 5.26. The van der Waals surface area contributed by atoms with E-state index in [9.17, 15) is 0 Å². The van der Waals surface area contributed by atoms with Crippen molar-refractivity contribution in [1.82, 2.24) is 25.1 Å². The number of aryl methyl sites for hydroxylation is 1. The van der Waals surface area contributed by atoms with Gasteiger partial charge in [-0.15, -0.1) is 10.2 Å². The van der Waals surface area contributed by atoms with Gasteiger partial charge in [-0.1, -0.05) is 18.3 Å². The monoisotopic (exact) mass is 332 g/mol. The third kappa shape index (κ3) is 4.03. The minimum atomic E-state index is 0.487. The van der Waals surface area contributed by atoms with Gasteiger partial charge in [0.2, 0.25) is 5.13 Å². The predicted molar refractivity (Wildman–Crippen MR) is 93.3 cm³/mol. The number of piperidine rings is 1. The number of hydrogen-bond acceptors (Lipinski definition) is 7. The predicted octanol–water partition coefficient (Wildman–Crippen LogP) is 3.22. The summed E-state index contributed by atoms with van der Waals surface area (Å²) >= 11 is 1.56. The molecule has 1 saturated heterocycles. The molecule has 1 aliphatic heterocycles. The molecule has 1 fully saturated rings. The number of nitrogens with zero attached hydrogens (tertiary/aromatic N) is 5. The molecule has 0 saturated carbocycles. The van der Waals surface area contributed by atoms with Gasteiger partial charge in [0.15, 0.2) is 5.82 Å². The molecule has 2 aromatic heterocycles. The van der Waals surface area contributed by atoms with Gasteiger partial charge in [0.1, 0.15) is 5.01 Å². The molecule has 0 radical (unpaired) electrons. The van der Waals surface area contributed by atoms with Crippen molar-refractivity contribution in [3.8, 4) is 0 Å². The highest BCUT2D eigenvalue weighted by Gasteiger charge is 2.24. The van der Waals surface area contributed by atoms with Crippen LogP contribution in [-0.2, 0) is 6.42 Å². The van der Waals surface area contributed by atoms with Gasteiger partial charge in [0.25, 0.3) is 0 Å². The second-order valence-electron chi connectivity index (χ2n) is 6.23. The van der Waals surface area contributed by atoms with E-state index in [0.29, 0.717) is 12.0 Å². The van der Waals surface area contributed by atoms with Gasteiger partial charge >= 0.3 is 0 Å². The smallest absolute Gasteiger partial charge is 0.211 e. The van der Waals surface area contributed by atoms with Crippen LogP contribution in [-0.4, -0.2) is 44.2 Å². The van der Waals surface area contributed by atoms with E-state index in [1.807, 2.05) is 6.20 Å². The summed E-state index contributed by atoms with van der Waals surface area (Å²) in [5.41, 5.74) is 1.09. The molecule has 3 rings (SSSR count). The summed E-state index contributed by atoms with van der Waals surface area (Å²) < 4.78 is 0. The van der Waals surface area contributed by atoms with E-state index in [-0.39, 0.29) is 0 Å². The number of rotatable bonds is 5. The van der Waals surface area contributed by atoms with Crippen LogP contribution >= 0.6 is 11.3 Å². The van der Waals surface area contributed by atoms with Crippen LogP contribution in [0.2, 0.25) is 0 Å². The van der Waals surface area contributed by atoms with Crippen molar-refractivity contribution in [3.05, 3.63) is 23.1 Å². The van der Waals surface area contributed by atoms with Crippen molar-refractivity contribution in [2.75, 3.05) is 18.4 Å². The molecule has 0 bridgehead atoms. The number of aromatic nitrogens is 4. The van der Waals surface area contributed by atoms with E-state index >= 15 is 0 Å². The van der Waals surface area contributed by atoms with Crippen LogP contribution in [0.3, 0.4) is 0 Å². The van der Waals surface area contributed by atoms with Gasteiger partial charge in [0.05, 0.1) is 18.1 Å². The number of anilines is 2. The minimum Gasteiger partial charge on any atom is -0.313 e. The molecule has 2 aromatic rings. The van der Waals surface area contributed by atoms with Gasteiger partial charge in [-0.05, 0) is 39.7 Å². The molecule has 0 unspecified atom stereocenters. The average molecular weight is 332 g/mol. The van der Waals surface area contributed by atoms with E-state index in [4.69, 9.17) is 0 Å². The first-order valence-electron chi connectivity index (χ1n) is 8.31. The van der Waals surface area contributed by atoms with Gasteiger partial charge in [-0.3, -0.25) is 4.98 Å².